The summed E-state index contributed by atoms with van der Waals surface area (Å²) in [6.07, 6.45) is 3.95. The molecule has 0 aliphatic carbocycles. The van der Waals surface area contributed by atoms with Crippen molar-refractivity contribution in [1.29, 1.82) is 0 Å². The predicted molar refractivity (Wildman–Crippen MR) is 200 cm³/mol. The van der Waals surface area contributed by atoms with Crippen LogP contribution < -0.4 is 19.9 Å². The summed E-state index contributed by atoms with van der Waals surface area (Å²) >= 11 is 0. The number of rotatable bonds is 14. The van der Waals surface area contributed by atoms with Gasteiger partial charge in [0, 0.05) is 42.4 Å². The van der Waals surface area contributed by atoms with E-state index in [0.29, 0.717) is 73.8 Å². The largest absolute Gasteiger partial charge is 0.494 e. The van der Waals surface area contributed by atoms with Gasteiger partial charge in [-0.3, -0.25) is 19.3 Å². The second kappa shape index (κ2) is 15.4. The molecular formula is C39H53FN4O7Si. The number of amides is 3. The van der Waals surface area contributed by atoms with Crippen LogP contribution in [0.1, 0.15) is 57.1 Å². The molecule has 52 heavy (non-hydrogen) atoms. The Balaban J connectivity index is 1.43. The summed E-state index contributed by atoms with van der Waals surface area (Å²) in [5.41, 5.74) is 1.01. The van der Waals surface area contributed by atoms with Crippen molar-refractivity contribution < 1.29 is 38.2 Å². The molecule has 4 heterocycles. The van der Waals surface area contributed by atoms with Crippen molar-refractivity contribution in [3.05, 3.63) is 60.2 Å². The van der Waals surface area contributed by atoms with Crippen LogP contribution in [0.25, 0.3) is 0 Å². The molecule has 4 aliphatic heterocycles. The van der Waals surface area contributed by atoms with Crippen LogP contribution in [-0.2, 0) is 31.1 Å². The number of likely N-dealkylation sites (tertiary alicyclic amines) is 1. The van der Waals surface area contributed by atoms with Crippen molar-refractivity contribution in [1.82, 2.24) is 10.2 Å². The second-order valence-electron chi connectivity index (χ2n) is 15.0. The molecule has 2 aromatic carbocycles. The first-order valence-corrected chi connectivity index (χ1v) is 21.6. The highest BCUT2D eigenvalue weighted by Gasteiger charge is 2.67. The van der Waals surface area contributed by atoms with Gasteiger partial charge in [0.05, 0.1) is 49.2 Å². The molecule has 4 aliphatic rings. The Morgan fingerprint density at radius 2 is 1.94 bits per heavy atom. The summed E-state index contributed by atoms with van der Waals surface area (Å²) in [7, 11) is -3.55. The molecule has 3 N–H and O–H groups in total. The van der Waals surface area contributed by atoms with Crippen LogP contribution in [0.15, 0.2) is 49.1 Å². The third-order valence-electron chi connectivity index (χ3n) is 11.3. The fraction of sp³-hybridized carbons (Fsp3) is 0.564. The SMILES string of the molecule is C=CCN1C(=O)[C@@]2(O[C@@H](CC(=O)N3CCC[C@H]3CO)[C@H]([Si](C)(C)F)[C@H]2C)c2cc(N3C(=O)C(NCCCCO)Cc4cc(OCC)ccc43)ccc21. The summed E-state index contributed by atoms with van der Waals surface area (Å²) in [5, 5.41) is 22.6. The van der Waals surface area contributed by atoms with Crippen LogP contribution >= 0.6 is 0 Å². The maximum atomic E-state index is 16.5. The summed E-state index contributed by atoms with van der Waals surface area (Å²) in [6.45, 7) is 12.6. The second-order valence-corrected chi connectivity index (χ2v) is 18.8. The van der Waals surface area contributed by atoms with Gasteiger partial charge < -0.3 is 38.9 Å². The number of benzene rings is 2. The van der Waals surface area contributed by atoms with Crippen molar-refractivity contribution in [2.24, 2.45) is 5.92 Å². The molecule has 6 atom stereocenters. The standard InChI is InChI=1S/C39H53FN4O7Si/c1-6-17-43-33-14-12-27(44-32-15-13-29(50-7-2)20-26(32)21-31(37(44)48)41-16-8-9-19-45)22-30(33)39(38(43)49)25(3)36(52(4,5)40)34(51-39)23-35(47)42-18-10-11-28(42)24-46/h6,12-15,20,22,25,28,31,34,36,41,45-46H,1,7-11,16-19,21,23-24H2,2-5H3/t25-,28+,31?,34+,36-,39+/m1/s1. The van der Waals surface area contributed by atoms with E-state index in [1.165, 1.54) is 0 Å². The average Bonchev–Trinajstić information content (AvgIpc) is 3.77. The summed E-state index contributed by atoms with van der Waals surface area (Å²) in [4.78, 5) is 47.7. The minimum Gasteiger partial charge on any atom is -0.494 e. The van der Waals surface area contributed by atoms with E-state index < -0.39 is 37.6 Å². The van der Waals surface area contributed by atoms with Crippen molar-refractivity contribution in [2.75, 3.05) is 49.3 Å². The molecule has 0 aromatic heterocycles. The number of carbonyl (C=O) groups is 3. The maximum absolute atomic E-state index is 16.5. The number of nitrogens with zero attached hydrogens (tertiary/aromatic N) is 3. The molecule has 282 valence electrons. The molecule has 0 radical (unpaired) electrons. The first-order valence-electron chi connectivity index (χ1n) is 18.7. The first kappa shape index (κ1) is 38.1. The molecule has 0 bridgehead atoms. The summed E-state index contributed by atoms with van der Waals surface area (Å²) in [5.74, 6) is -0.638. The lowest BCUT2D eigenvalue weighted by molar-refractivity contribution is -0.149. The van der Waals surface area contributed by atoms with E-state index in [-0.39, 0.29) is 49.9 Å². The number of anilines is 3. The fourth-order valence-electron chi connectivity index (χ4n) is 9.05. The highest BCUT2D eigenvalue weighted by Crippen LogP contribution is 2.61. The number of halogens is 1. The fourth-order valence-corrected chi connectivity index (χ4v) is 11.5. The third kappa shape index (κ3) is 6.70. The number of hydrogen-bond donors (Lipinski definition) is 3. The van der Waals surface area contributed by atoms with Gasteiger partial charge in [0.2, 0.25) is 20.2 Å². The molecule has 2 fully saturated rings. The predicted octanol–water partition coefficient (Wildman–Crippen LogP) is 4.72. The van der Waals surface area contributed by atoms with Gasteiger partial charge in [-0.15, -0.1) is 6.58 Å². The summed E-state index contributed by atoms with van der Waals surface area (Å²) in [6, 6.07) is 10.3. The zero-order chi connectivity index (χ0) is 37.4. The van der Waals surface area contributed by atoms with Crippen molar-refractivity contribution in [3.8, 4) is 5.75 Å². The van der Waals surface area contributed by atoms with Gasteiger partial charge in [-0.2, -0.15) is 0 Å². The number of nitrogens with one attached hydrogen (secondary N) is 1. The number of aliphatic hydroxyl groups excluding tert-OH is 2. The number of unbranched alkanes of at least 4 members (excludes halogenated alkanes) is 1. The highest BCUT2D eigenvalue weighted by atomic mass is 28.4. The number of ether oxygens (including phenoxy) is 2. The monoisotopic (exact) mass is 736 g/mol. The Morgan fingerprint density at radius 3 is 2.63 bits per heavy atom. The Bertz CT molecular complexity index is 1690. The Labute approximate surface area is 306 Å². The third-order valence-corrected chi connectivity index (χ3v) is 13.8. The number of hydrogen-bond acceptors (Lipinski definition) is 8. The van der Waals surface area contributed by atoms with Crippen molar-refractivity contribution in [2.45, 2.75) is 94.8 Å². The highest BCUT2D eigenvalue weighted by molar-refractivity contribution is 6.72. The minimum absolute atomic E-state index is 0.0747. The van der Waals surface area contributed by atoms with Crippen molar-refractivity contribution in [3.63, 3.8) is 0 Å². The average molecular weight is 737 g/mol. The Hall–Kier alpha value is -3.62. The smallest absolute Gasteiger partial charge is 0.264 e. The van der Waals surface area contributed by atoms with E-state index in [0.717, 1.165) is 12.0 Å². The van der Waals surface area contributed by atoms with Gasteiger partial charge in [0.15, 0.2) is 5.60 Å². The van der Waals surface area contributed by atoms with E-state index in [2.05, 4.69) is 11.9 Å². The lowest BCUT2D eigenvalue weighted by Crippen LogP contribution is -2.49. The minimum atomic E-state index is -3.55. The lowest BCUT2D eigenvalue weighted by Gasteiger charge is -2.36. The lowest BCUT2D eigenvalue weighted by atomic mass is 9.82. The number of aliphatic hydroxyl groups is 2. The van der Waals surface area contributed by atoms with Gasteiger partial charge in [-0.05, 0) is 101 Å². The van der Waals surface area contributed by atoms with E-state index in [9.17, 15) is 24.6 Å². The molecule has 0 saturated carbocycles. The zero-order valence-electron chi connectivity index (χ0n) is 30.8. The van der Waals surface area contributed by atoms with Gasteiger partial charge in [0.1, 0.15) is 5.75 Å². The van der Waals surface area contributed by atoms with Gasteiger partial charge >= 0.3 is 0 Å². The van der Waals surface area contributed by atoms with E-state index in [1.807, 2.05) is 50.2 Å². The van der Waals surface area contributed by atoms with Crippen LogP contribution in [0.5, 0.6) is 5.75 Å². The quantitative estimate of drug-likeness (QED) is 0.110. The number of carbonyl (C=O) groups excluding carboxylic acids is 3. The van der Waals surface area contributed by atoms with E-state index >= 15 is 4.11 Å². The van der Waals surface area contributed by atoms with Gasteiger partial charge in [-0.1, -0.05) is 13.0 Å². The zero-order valence-corrected chi connectivity index (χ0v) is 31.8. The molecule has 3 amide bonds. The molecule has 2 aromatic rings. The summed E-state index contributed by atoms with van der Waals surface area (Å²) < 4.78 is 29.2. The Morgan fingerprint density at radius 1 is 1.17 bits per heavy atom. The van der Waals surface area contributed by atoms with Crippen LogP contribution in [0.2, 0.25) is 18.6 Å². The maximum Gasteiger partial charge on any atom is 0.264 e. The molecule has 1 spiro atoms. The van der Waals surface area contributed by atoms with Crippen LogP contribution in [-0.4, -0.2) is 98.9 Å². The van der Waals surface area contributed by atoms with Gasteiger partial charge in [0.25, 0.3) is 5.91 Å². The van der Waals surface area contributed by atoms with E-state index in [1.54, 1.807) is 33.9 Å². The number of fused-ring (bicyclic) bond motifs is 3. The topological polar surface area (TPSA) is 132 Å². The van der Waals surface area contributed by atoms with Crippen LogP contribution in [0.3, 0.4) is 0 Å². The first-order chi connectivity index (χ1) is 24.9. The van der Waals surface area contributed by atoms with Crippen molar-refractivity contribution >= 4 is 43.2 Å². The van der Waals surface area contributed by atoms with Crippen LogP contribution in [0.4, 0.5) is 21.2 Å². The molecular weight excluding hydrogens is 684 g/mol. The van der Waals surface area contributed by atoms with E-state index in [4.69, 9.17) is 9.47 Å². The Kier molecular flexibility index (Phi) is 11.3. The normalized spacial score (nSPS) is 27.1. The molecule has 11 nitrogen and oxygen atoms in total. The molecule has 1 unspecified atom stereocenters. The van der Waals surface area contributed by atoms with Crippen LogP contribution in [0, 0.1) is 5.92 Å². The van der Waals surface area contributed by atoms with Gasteiger partial charge in [-0.25, -0.2) is 0 Å². The molecule has 6 rings (SSSR count). The molecule has 2 saturated heterocycles. The molecule has 13 heteroatoms.